The molecule has 2 N–H and O–H groups in total. The zero-order valence-electron chi connectivity index (χ0n) is 10.9. The molecule has 0 amide bonds. The van der Waals surface area contributed by atoms with E-state index in [0.29, 0.717) is 11.1 Å². The first kappa shape index (κ1) is 15.3. The van der Waals surface area contributed by atoms with Gasteiger partial charge in [0.2, 0.25) is 0 Å². The van der Waals surface area contributed by atoms with Crippen molar-refractivity contribution < 1.29 is 0 Å². The normalized spacial score (nSPS) is 19.0. The number of nitrogens with two attached hydrogens (primary N) is 1. The summed E-state index contributed by atoms with van der Waals surface area (Å²) in [4.78, 5) is 6.34. The molecule has 1 aromatic carbocycles. The first-order chi connectivity index (χ1) is 9.22. The summed E-state index contributed by atoms with van der Waals surface area (Å²) in [6, 6.07) is 6.17. The van der Waals surface area contributed by atoms with Crippen LogP contribution in [0.25, 0.3) is 5.69 Å². The number of hydrogen-bond acceptors (Lipinski definition) is 4. The van der Waals surface area contributed by atoms with Gasteiger partial charge in [0, 0.05) is 30.7 Å². The first-order valence-corrected chi connectivity index (χ1v) is 6.71. The highest BCUT2D eigenvalue weighted by atomic mass is 35.5. The minimum atomic E-state index is 0. The lowest BCUT2D eigenvalue weighted by molar-refractivity contribution is 0.326. The Morgan fingerprint density at radius 1 is 1.40 bits per heavy atom. The van der Waals surface area contributed by atoms with E-state index in [4.69, 9.17) is 17.3 Å². The average molecular weight is 314 g/mol. The van der Waals surface area contributed by atoms with Crippen molar-refractivity contribution in [2.45, 2.75) is 19.0 Å². The minimum absolute atomic E-state index is 0. The van der Waals surface area contributed by atoms with Gasteiger partial charge < -0.3 is 5.73 Å². The van der Waals surface area contributed by atoms with Crippen LogP contribution in [0.5, 0.6) is 0 Å². The Hall–Kier alpha value is -1.14. The third kappa shape index (κ3) is 3.30. The van der Waals surface area contributed by atoms with E-state index >= 15 is 0 Å². The molecule has 2 aromatic rings. The van der Waals surface area contributed by atoms with Gasteiger partial charge in [0.1, 0.15) is 12.7 Å². The summed E-state index contributed by atoms with van der Waals surface area (Å²) in [5.74, 6) is 0. The highest BCUT2D eigenvalue weighted by molar-refractivity contribution is 6.30. The van der Waals surface area contributed by atoms with E-state index in [9.17, 15) is 0 Å². The Balaban J connectivity index is 0.00000147. The molecule has 1 aliphatic heterocycles. The van der Waals surface area contributed by atoms with Crippen LogP contribution >= 0.6 is 24.0 Å². The Kier molecular flexibility index (Phi) is 4.99. The highest BCUT2D eigenvalue weighted by Gasteiger charge is 2.20. The first-order valence-electron chi connectivity index (χ1n) is 6.34. The van der Waals surface area contributed by atoms with Gasteiger partial charge in [0.15, 0.2) is 0 Å². The summed E-state index contributed by atoms with van der Waals surface area (Å²) >= 11 is 6.08. The fourth-order valence-corrected chi connectivity index (χ4v) is 2.63. The van der Waals surface area contributed by atoms with Gasteiger partial charge in [0.05, 0.1) is 5.69 Å². The number of benzene rings is 1. The van der Waals surface area contributed by atoms with Crippen LogP contribution in [0.4, 0.5) is 0 Å². The van der Waals surface area contributed by atoms with E-state index in [1.54, 1.807) is 11.0 Å². The van der Waals surface area contributed by atoms with Gasteiger partial charge in [-0.15, -0.1) is 12.4 Å². The van der Waals surface area contributed by atoms with E-state index in [0.717, 1.165) is 31.7 Å². The van der Waals surface area contributed by atoms with Crippen LogP contribution in [0.15, 0.2) is 30.9 Å². The molecule has 1 saturated heterocycles. The quantitative estimate of drug-likeness (QED) is 0.940. The fraction of sp³-hybridized carbons (Fsp3) is 0.385. The summed E-state index contributed by atoms with van der Waals surface area (Å²) < 4.78 is 1.75. The highest BCUT2D eigenvalue weighted by Crippen LogP contribution is 2.22. The van der Waals surface area contributed by atoms with Gasteiger partial charge in [-0.05, 0) is 24.1 Å². The molecule has 7 heteroatoms. The summed E-state index contributed by atoms with van der Waals surface area (Å²) in [5.41, 5.74) is 8.11. The Labute approximate surface area is 129 Å². The Morgan fingerprint density at radius 2 is 2.25 bits per heavy atom. The van der Waals surface area contributed by atoms with Crippen molar-refractivity contribution >= 4 is 24.0 Å². The van der Waals surface area contributed by atoms with Crippen LogP contribution in [0.1, 0.15) is 12.0 Å². The Bertz CT molecular complexity index is 558. The monoisotopic (exact) mass is 313 g/mol. The second-order valence-electron chi connectivity index (χ2n) is 4.90. The van der Waals surface area contributed by atoms with Crippen LogP contribution in [0, 0.1) is 0 Å². The molecule has 20 heavy (non-hydrogen) atoms. The van der Waals surface area contributed by atoms with E-state index < -0.39 is 0 Å². The van der Waals surface area contributed by atoms with Gasteiger partial charge in [-0.3, -0.25) is 4.90 Å². The molecule has 108 valence electrons. The van der Waals surface area contributed by atoms with Gasteiger partial charge in [-0.25, -0.2) is 9.67 Å². The molecule has 2 heterocycles. The molecule has 0 saturated carbocycles. The van der Waals surface area contributed by atoms with Gasteiger partial charge in [-0.1, -0.05) is 17.7 Å². The third-order valence-corrected chi connectivity index (χ3v) is 3.65. The molecule has 1 atom stereocenters. The van der Waals surface area contributed by atoms with E-state index in [-0.39, 0.29) is 12.4 Å². The zero-order valence-corrected chi connectivity index (χ0v) is 12.5. The molecule has 1 aromatic heterocycles. The van der Waals surface area contributed by atoms with E-state index in [1.807, 2.05) is 18.2 Å². The summed E-state index contributed by atoms with van der Waals surface area (Å²) in [6.07, 6.45) is 4.27. The molecular weight excluding hydrogens is 297 g/mol. The van der Waals surface area contributed by atoms with Crippen molar-refractivity contribution in [2.75, 3.05) is 13.1 Å². The molecule has 0 unspecified atom stereocenters. The number of likely N-dealkylation sites (tertiary alicyclic amines) is 1. The number of nitrogens with zero attached hydrogens (tertiary/aromatic N) is 4. The maximum absolute atomic E-state index is 6.08. The van der Waals surface area contributed by atoms with Crippen molar-refractivity contribution in [2.24, 2.45) is 5.73 Å². The maximum atomic E-state index is 6.08. The van der Waals surface area contributed by atoms with Crippen LogP contribution < -0.4 is 5.73 Å². The molecular formula is C13H17Cl2N5. The fourth-order valence-electron chi connectivity index (χ4n) is 2.46. The predicted molar refractivity (Wildman–Crippen MR) is 81.5 cm³/mol. The molecule has 3 rings (SSSR count). The average Bonchev–Trinajstić information content (AvgIpc) is 3.03. The molecule has 0 aliphatic carbocycles. The standard InChI is InChI=1S/C13H16ClN5.ClH/c14-11-2-1-10(6-18-4-3-12(15)7-18)13(5-11)19-9-16-8-17-19;/h1-2,5,8-9,12H,3-4,6-7,15H2;1H/t12-;/m0./s1. The number of rotatable bonds is 3. The summed E-state index contributed by atoms with van der Waals surface area (Å²) in [5, 5.41) is 4.88. The van der Waals surface area contributed by atoms with Crippen LogP contribution in [-0.2, 0) is 6.54 Å². The van der Waals surface area contributed by atoms with Crippen molar-refractivity contribution in [1.29, 1.82) is 0 Å². The van der Waals surface area contributed by atoms with Gasteiger partial charge in [-0.2, -0.15) is 5.10 Å². The number of hydrogen-bond donors (Lipinski definition) is 1. The molecule has 1 aliphatic rings. The van der Waals surface area contributed by atoms with Crippen LogP contribution in [0.3, 0.4) is 0 Å². The zero-order chi connectivity index (χ0) is 13.2. The second-order valence-corrected chi connectivity index (χ2v) is 5.33. The Morgan fingerprint density at radius 3 is 2.90 bits per heavy atom. The lowest BCUT2D eigenvalue weighted by Gasteiger charge is -2.17. The van der Waals surface area contributed by atoms with Gasteiger partial charge >= 0.3 is 0 Å². The number of aromatic nitrogens is 3. The van der Waals surface area contributed by atoms with Crippen molar-refractivity contribution in [3.8, 4) is 5.69 Å². The minimum Gasteiger partial charge on any atom is -0.326 e. The lowest BCUT2D eigenvalue weighted by atomic mass is 10.1. The molecule has 0 radical (unpaired) electrons. The maximum Gasteiger partial charge on any atom is 0.138 e. The van der Waals surface area contributed by atoms with E-state index in [1.165, 1.54) is 11.9 Å². The van der Waals surface area contributed by atoms with Crippen LogP contribution in [-0.4, -0.2) is 38.8 Å². The van der Waals surface area contributed by atoms with E-state index in [2.05, 4.69) is 15.0 Å². The summed E-state index contributed by atoms with van der Waals surface area (Å²) in [7, 11) is 0. The molecule has 1 fully saturated rings. The van der Waals surface area contributed by atoms with Crippen molar-refractivity contribution in [3.63, 3.8) is 0 Å². The van der Waals surface area contributed by atoms with Gasteiger partial charge in [0.25, 0.3) is 0 Å². The molecule has 0 bridgehead atoms. The summed E-state index contributed by atoms with van der Waals surface area (Å²) in [6.45, 7) is 2.85. The molecule has 0 spiro atoms. The second kappa shape index (κ2) is 6.54. The third-order valence-electron chi connectivity index (χ3n) is 3.42. The largest absolute Gasteiger partial charge is 0.326 e. The van der Waals surface area contributed by atoms with Crippen LogP contribution in [0.2, 0.25) is 5.02 Å². The van der Waals surface area contributed by atoms with Crippen molar-refractivity contribution in [1.82, 2.24) is 19.7 Å². The smallest absolute Gasteiger partial charge is 0.138 e. The lowest BCUT2D eigenvalue weighted by Crippen LogP contribution is -2.26. The number of halogens is 2. The van der Waals surface area contributed by atoms with Crippen molar-refractivity contribution in [3.05, 3.63) is 41.4 Å². The molecule has 5 nitrogen and oxygen atoms in total. The topological polar surface area (TPSA) is 60.0 Å². The SMILES string of the molecule is Cl.N[C@H]1CCN(Cc2ccc(Cl)cc2-n2cncn2)C1. The predicted octanol–water partition coefficient (Wildman–Crippen LogP) is 1.88.